The van der Waals surface area contributed by atoms with Crippen molar-refractivity contribution < 1.29 is 4.79 Å². The molecule has 128 valence electrons. The Morgan fingerprint density at radius 2 is 1.71 bits per heavy atom. The summed E-state index contributed by atoms with van der Waals surface area (Å²) in [6.07, 6.45) is 0.499. The number of hydrogen-bond acceptors (Lipinski definition) is 2. The van der Waals surface area contributed by atoms with E-state index in [-0.39, 0.29) is 5.91 Å². The van der Waals surface area contributed by atoms with Crippen LogP contribution in [0.25, 0.3) is 0 Å². The van der Waals surface area contributed by atoms with E-state index in [1.54, 1.807) is 0 Å². The van der Waals surface area contributed by atoms with Gasteiger partial charge in [-0.1, -0.05) is 54.1 Å². The summed E-state index contributed by atoms with van der Waals surface area (Å²) in [5, 5.41) is 3.67. The van der Waals surface area contributed by atoms with Crippen LogP contribution >= 0.6 is 11.6 Å². The third-order valence-electron chi connectivity index (χ3n) is 3.99. The average molecular weight is 345 g/mol. The maximum Gasteiger partial charge on any atom is 0.221 e. The Morgan fingerprint density at radius 1 is 1.04 bits per heavy atom. The van der Waals surface area contributed by atoms with Gasteiger partial charge in [0.15, 0.2) is 0 Å². The van der Waals surface area contributed by atoms with Gasteiger partial charge in [-0.2, -0.15) is 0 Å². The van der Waals surface area contributed by atoms with Gasteiger partial charge in [-0.15, -0.1) is 0 Å². The summed E-state index contributed by atoms with van der Waals surface area (Å²) in [5.74, 6) is 0.0728. The van der Waals surface area contributed by atoms with Crippen LogP contribution in [-0.4, -0.2) is 23.4 Å². The molecule has 4 heteroatoms. The van der Waals surface area contributed by atoms with Crippen LogP contribution in [0.4, 0.5) is 0 Å². The molecule has 0 radical (unpaired) electrons. The Balaban J connectivity index is 1.78. The van der Waals surface area contributed by atoms with Crippen LogP contribution in [0.5, 0.6) is 0 Å². The molecule has 2 aromatic carbocycles. The molecular formula is C20H25ClN2O. The highest BCUT2D eigenvalue weighted by atomic mass is 35.5. The molecule has 0 unspecified atom stereocenters. The number of rotatable bonds is 8. The van der Waals surface area contributed by atoms with Gasteiger partial charge in [0.1, 0.15) is 0 Å². The molecule has 2 aromatic rings. The summed E-state index contributed by atoms with van der Waals surface area (Å²) in [6, 6.07) is 18.3. The molecule has 0 heterocycles. The summed E-state index contributed by atoms with van der Waals surface area (Å²) in [4.78, 5) is 14.4. The first kappa shape index (κ1) is 18.5. The molecule has 0 saturated heterocycles. The smallest absolute Gasteiger partial charge is 0.221 e. The monoisotopic (exact) mass is 344 g/mol. The molecule has 1 amide bonds. The Hall–Kier alpha value is -1.84. The van der Waals surface area contributed by atoms with Crippen molar-refractivity contribution in [2.24, 2.45) is 0 Å². The van der Waals surface area contributed by atoms with Crippen molar-refractivity contribution in [3.05, 3.63) is 70.7 Å². The largest absolute Gasteiger partial charge is 0.352 e. The zero-order chi connectivity index (χ0) is 17.4. The van der Waals surface area contributed by atoms with Gasteiger partial charge in [-0.05, 0) is 37.1 Å². The van der Waals surface area contributed by atoms with Crippen LogP contribution in [0.3, 0.4) is 0 Å². The highest BCUT2D eigenvalue weighted by molar-refractivity contribution is 6.30. The standard InChI is InChI=1S/C20H25ClN2O/c1-16(2)23(15-18-6-4-3-5-7-18)13-12-20(24)22-14-17-8-10-19(21)11-9-17/h3-11,16H,12-15H2,1-2H3,(H,22,24). The summed E-state index contributed by atoms with van der Waals surface area (Å²) in [7, 11) is 0. The molecular weight excluding hydrogens is 320 g/mol. The predicted molar refractivity (Wildman–Crippen MR) is 99.9 cm³/mol. The number of benzene rings is 2. The van der Waals surface area contributed by atoms with Gasteiger partial charge in [0.05, 0.1) is 0 Å². The second-order valence-electron chi connectivity index (χ2n) is 6.20. The van der Waals surface area contributed by atoms with E-state index >= 15 is 0 Å². The van der Waals surface area contributed by atoms with E-state index < -0.39 is 0 Å². The predicted octanol–water partition coefficient (Wildman–Crippen LogP) is 4.26. The van der Waals surface area contributed by atoms with Crippen molar-refractivity contribution in [1.29, 1.82) is 0 Å². The Bertz CT molecular complexity index is 626. The Morgan fingerprint density at radius 3 is 2.33 bits per heavy atom. The van der Waals surface area contributed by atoms with Crippen LogP contribution in [-0.2, 0) is 17.9 Å². The zero-order valence-corrected chi connectivity index (χ0v) is 15.1. The minimum atomic E-state index is 0.0728. The highest BCUT2D eigenvalue weighted by Crippen LogP contribution is 2.10. The van der Waals surface area contributed by atoms with E-state index in [0.29, 0.717) is 24.0 Å². The zero-order valence-electron chi connectivity index (χ0n) is 14.3. The molecule has 0 aromatic heterocycles. The van der Waals surface area contributed by atoms with E-state index in [0.717, 1.165) is 18.7 Å². The third kappa shape index (κ3) is 6.34. The fourth-order valence-corrected chi connectivity index (χ4v) is 2.60. The average Bonchev–Trinajstić information content (AvgIpc) is 2.58. The molecule has 0 aliphatic rings. The number of carbonyl (C=O) groups is 1. The molecule has 0 aliphatic heterocycles. The van der Waals surface area contributed by atoms with E-state index in [1.165, 1.54) is 5.56 Å². The first-order valence-corrected chi connectivity index (χ1v) is 8.71. The van der Waals surface area contributed by atoms with E-state index in [9.17, 15) is 4.79 Å². The lowest BCUT2D eigenvalue weighted by Crippen LogP contribution is -2.34. The molecule has 3 nitrogen and oxygen atoms in total. The van der Waals surface area contributed by atoms with Gasteiger partial charge in [-0.3, -0.25) is 9.69 Å². The topological polar surface area (TPSA) is 32.3 Å². The number of halogens is 1. The number of hydrogen-bond donors (Lipinski definition) is 1. The highest BCUT2D eigenvalue weighted by Gasteiger charge is 2.12. The normalized spacial score (nSPS) is 11.0. The lowest BCUT2D eigenvalue weighted by molar-refractivity contribution is -0.121. The summed E-state index contributed by atoms with van der Waals surface area (Å²) < 4.78 is 0. The van der Waals surface area contributed by atoms with E-state index in [4.69, 9.17) is 11.6 Å². The van der Waals surface area contributed by atoms with Crippen LogP contribution in [0.15, 0.2) is 54.6 Å². The van der Waals surface area contributed by atoms with Crippen molar-refractivity contribution >= 4 is 17.5 Å². The van der Waals surface area contributed by atoms with Crippen LogP contribution < -0.4 is 5.32 Å². The van der Waals surface area contributed by atoms with Gasteiger partial charge in [-0.25, -0.2) is 0 Å². The quantitative estimate of drug-likeness (QED) is 0.776. The van der Waals surface area contributed by atoms with Gasteiger partial charge >= 0.3 is 0 Å². The number of nitrogens with zero attached hydrogens (tertiary/aromatic N) is 1. The molecule has 1 N–H and O–H groups in total. The van der Waals surface area contributed by atoms with Gasteiger partial charge in [0, 0.05) is 37.1 Å². The first-order valence-electron chi connectivity index (χ1n) is 8.33. The molecule has 2 rings (SSSR count). The second-order valence-corrected chi connectivity index (χ2v) is 6.64. The first-order chi connectivity index (χ1) is 11.5. The SMILES string of the molecule is CC(C)N(CCC(=O)NCc1ccc(Cl)cc1)Cc1ccccc1. The number of nitrogens with one attached hydrogen (secondary N) is 1. The second kappa shape index (κ2) is 9.45. The molecule has 0 aliphatic carbocycles. The summed E-state index contributed by atoms with van der Waals surface area (Å²) in [5.41, 5.74) is 2.32. The minimum absolute atomic E-state index is 0.0728. The molecule has 0 atom stereocenters. The minimum Gasteiger partial charge on any atom is -0.352 e. The maximum absolute atomic E-state index is 12.1. The molecule has 0 bridgehead atoms. The van der Waals surface area contributed by atoms with E-state index in [1.807, 2.05) is 42.5 Å². The van der Waals surface area contributed by atoms with Crippen LogP contribution in [0.2, 0.25) is 5.02 Å². The van der Waals surface area contributed by atoms with Crippen molar-refractivity contribution in [2.75, 3.05) is 6.54 Å². The summed E-state index contributed by atoms with van der Waals surface area (Å²) in [6.45, 7) is 6.47. The lowest BCUT2D eigenvalue weighted by atomic mass is 10.2. The Kier molecular flexibility index (Phi) is 7.29. The molecule has 0 spiro atoms. The lowest BCUT2D eigenvalue weighted by Gasteiger charge is -2.26. The third-order valence-corrected chi connectivity index (χ3v) is 4.24. The van der Waals surface area contributed by atoms with E-state index in [2.05, 4.69) is 36.2 Å². The van der Waals surface area contributed by atoms with Gasteiger partial charge < -0.3 is 5.32 Å². The van der Waals surface area contributed by atoms with Crippen molar-refractivity contribution in [2.45, 2.75) is 39.4 Å². The van der Waals surface area contributed by atoms with Crippen molar-refractivity contribution in [3.8, 4) is 0 Å². The maximum atomic E-state index is 12.1. The summed E-state index contributed by atoms with van der Waals surface area (Å²) >= 11 is 5.86. The van der Waals surface area contributed by atoms with Crippen LogP contribution in [0, 0.1) is 0 Å². The Labute approximate surface area is 149 Å². The van der Waals surface area contributed by atoms with Crippen molar-refractivity contribution in [3.63, 3.8) is 0 Å². The number of carbonyl (C=O) groups excluding carboxylic acids is 1. The van der Waals surface area contributed by atoms with Crippen LogP contribution in [0.1, 0.15) is 31.4 Å². The fraction of sp³-hybridized carbons (Fsp3) is 0.350. The molecule has 24 heavy (non-hydrogen) atoms. The molecule has 0 saturated carbocycles. The van der Waals surface area contributed by atoms with Crippen molar-refractivity contribution in [1.82, 2.24) is 10.2 Å². The van der Waals surface area contributed by atoms with Gasteiger partial charge in [0.2, 0.25) is 5.91 Å². The molecule has 0 fully saturated rings. The van der Waals surface area contributed by atoms with Gasteiger partial charge in [0.25, 0.3) is 0 Å². The number of amides is 1. The fourth-order valence-electron chi connectivity index (χ4n) is 2.47.